The Morgan fingerprint density at radius 3 is 2.63 bits per heavy atom. The maximum atomic E-state index is 12.9. The molecule has 1 N–H and O–H groups in total. The first-order valence-corrected chi connectivity index (χ1v) is 6.40. The molecule has 1 atom stereocenters. The molecule has 0 fully saturated rings. The van der Waals surface area contributed by atoms with Gasteiger partial charge in [0.15, 0.2) is 0 Å². The van der Waals surface area contributed by atoms with Crippen LogP contribution < -0.4 is 5.32 Å². The van der Waals surface area contributed by atoms with Crippen molar-refractivity contribution in [3.8, 4) is 0 Å². The van der Waals surface area contributed by atoms with Crippen molar-refractivity contribution in [3.05, 3.63) is 47.8 Å². The topological polar surface area (TPSA) is 42.7 Å². The molecular weight excluding hydrogens is 243 g/mol. The lowest BCUT2D eigenvalue weighted by Crippen LogP contribution is -2.30. The van der Waals surface area contributed by atoms with Gasteiger partial charge in [0.2, 0.25) is 0 Å². The maximum Gasteiger partial charge on any atom is 0.141 e. The number of aromatic nitrogens is 3. The molecular formula is C14H19FN4. The van der Waals surface area contributed by atoms with Crippen LogP contribution in [0, 0.1) is 5.82 Å². The van der Waals surface area contributed by atoms with Gasteiger partial charge in [0.05, 0.1) is 23.6 Å². The Labute approximate surface area is 112 Å². The lowest BCUT2D eigenvalue weighted by atomic mass is 10.1. The monoisotopic (exact) mass is 262 g/mol. The van der Waals surface area contributed by atoms with Crippen molar-refractivity contribution < 1.29 is 4.39 Å². The fraction of sp³-hybridized carbons (Fsp3) is 0.429. The van der Waals surface area contributed by atoms with Gasteiger partial charge in [-0.2, -0.15) is 5.10 Å². The molecule has 2 aromatic heterocycles. The molecule has 0 aliphatic rings. The molecule has 2 heterocycles. The van der Waals surface area contributed by atoms with Gasteiger partial charge in [-0.3, -0.25) is 9.67 Å². The average Bonchev–Trinajstić information content (AvgIpc) is 2.74. The van der Waals surface area contributed by atoms with Gasteiger partial charge in [0, 0.05) is 25.7 Å². The zero-order valence-electron chi connectivity index (χ0n) is 11.5. The summed E-state index contributed by atoms with van der Waals surface area (Å²) in [5.41, 5.74) is 1.83. The molecule has 1 unspecified atom stereocenters. The third-order valence-electron chi connectivity index (χ3n) is 2.82. The second-order valence-electron chi connectivity index (χ2n) is 4.96. The largest absolute Gasteiger partial charge is 0.306 e. The Morgan fingerprint density at radius 1 is 1.32 bits per heavy atom. The van der Waals surface area contributed by atoms with Crippen molar-refractivity contribution in [3.63, 3.8) is 0 Å². The summed E-state index contributed by atoms with van der Waals surface area (Å²) < 4.78 is 14.7. The van der Waals surface area contributed by atoms with Crippen molar-refractivity contribution in [2.24, 2.45) is 7.05 Å². The molecule has 0 bridgehead atoms. The minimum absolute atomic E-state index is 0.0375. The number of pyridine rings is 1. The highest BCUT2D eigenvalue weighted by Gasteiger charge is 2.16. The van der Waals surface area contributed by atoms with Gasteiger partial charge in [-0.05, 0) is 18.2 Å². The number of halogens is 1. The van der Waals surface area contributed by atoms with Gasteiger partial charge in [0.1, 0.15) is 5.82 Å². The van der Waals surface area contributed by atoms with E-state index in [2.05, 4.69) is 29.2 Å². The minimum atomic E-state index is -0.315. The Morgan fingerprint density at radius 2 is 2.11 bits per heavy atom. The Bertz CT molecular complexity index is 518. The number of rotatable bonds is 5. The fourth-order valence-electron chi connectivity index (χ4n) is 2.03. The number of aryl methyl sites for hydroxylation is 1. The van der Waals surface area contributed by atoms with Crippen molar-refractivity contribution in [1.29, 1.82) is 0 Å². The highest BCUT2D eigenvalue weighted by molar-refractivity contribution is 5.13. The van der Waals surface area contributed by atoms with E-state index in [0.29, 0.717) is 6.04 Å². The standard InChI is InChI=1S/C14H19FN4/c1-10(2)17-14(8-12-6-7-19(3)18-12)13-5-4-11(15)9-16-13/h4-7,9-10,14,17H,8H2,1-3H3. The third kappa shape index (κ3) is 3.86. The molecule has 0 saturated heterocycles. The normalized spacial score (nSPS) is 12.9. The molecule has 2 aromatic rings. The SMILES string of the molecule is CC(C)NC(Cc1ccn(C)n1)c1ccc(F)cn1. The minimum Gasteiger partial charge on any atom is -0.306 e. The number of nitrogens with zero attached hydrogens (tertiary/aromatic N) is 3. The summed E-state index contributed by atoms with van der Waals surface area (Å²) >= 11 is 0. The quantitative estimate of drug-likeness (QED) is 0.898. The van der Waals surface area contributed by atoms with E-state index in [1.807, 2.05) is 19.3 Å². The van der Waals surface area contributed by atoms with E-state index in [-0.39, 0.29) is 11.9 Å². The summed E-state index contributed by atoms with van der Waals surface area (Å²) in [6.07, 6.45) is 3.90. The molecule has 5 heteroatoms. The summed E-state index contributed by atoms with van der Waals surface area (Å²) in [5, 5.41) is 7.81. The van der Waals surface area contributed by atoms with Gasteiger partial charge in [-0.15, -0.1) is 0 Å². The van der Waals surface area contributed by atoms with Crippen LogP contribution in [0.3, 0.4) is 0 Å². The predicted molar refractivity (Wildman–Crippen MR) is 72.1 cm³/mol. The number of hydrogen-bond donors (Lipinski definition) is 1. The van der Waals surface area contributed by atoms with E-state index in [1.165, 1.54) is 12.3 Å². The van der Waals surface area contributed by atoms with E-state index in [9.17, 15) is 4.39 Å². The molecule has 0 saturated carbocycles. The molecule has 19 heavy (non-hydrogen) atoms. The molecule has 0 spiro atoms. The summed E-state index contributed by atoms with van der Waals surface area (Å²) in [6.45, 7) is 4.16. The van der Waals surface area contributed by atoms with E-state index in [1.54, 1.807) is 10.7 Å². The van der Waals surface area contributed by atoms with Crippen LogP contribution in [0.4, 0.5) is 4.39 Å². The first kappa shape index (κ1) is 13.7. The van der Waals surface area contributed by atoms with Crippen LogP contribution in [0.15, 0.2) is 30.6 Å². The highest BCUT2D eigenvalue weighted by Crippen LogP contribution is 2.16. The van der Waals surface area contributed by atoms with Crippen molar-refractivity contribution in [2.45, 2.75) is 32.4 Å². The van der Waals surface area contributed by atoms with Crippen molar-refractivity contribution >= 4 is 0 Å². The third-order valence-corrected chi connectivity index (χ3v) is 2.82. The smallest absolute Gasteiger partial charge is 0.141 e. The first-order chi connectivity index (χ1) is 9.04. The summed E-state index contributed by atoms with van der Waals surface area (Å²) in [6, 6.07) is 5.50. The zero-order valence-corrected chi connectivity index (χ0v) is 11.5. The summed E-state index contributed by atoms with van der Waals surface area (Å²) in [4.78, 5) is 4.16. The van der Waals surface area contributed by atoms with Crippen molar-refractivity contribution in [2.75, 3.05) is 0 Å². The molecule has 0 amide bonds. The second-order valence-corrected chi connectivity index (χ2v) is 4.96. The number of hydrogen-bond acceptors (Lipinski definition) is 3. The zero-order chi connectivity index (χ0) is 13.8. The Hall–Kier alpha value is -1.75. The lowest BCUT2D eigenvalue weighted by Gasteiger charge is -2.20. The van der Waals surface area contributed by atoms with E-state index in [0.717, 1.165) is 17.8 Å². The highest BCUT2D eigenvalue weighted by atomic mass is 19.1. The molecule has 4 nitrogen and oxygen atoms in total. The molecule has 0 aromatic carbocycles. The van der Waals surface area contributed by atoms with Crippen LogP contribution in [0.1, 0.15) is 31.3 Å². The van der Waals surface area contributed by atoms with Crippen LogP contribution in [-0.2, 0) is 13.5 Å². The predicted octanol–water partition coefficient (Wildman–Crippen LogP) is 2.24. The van der Waals surface area contributed by atoms with E-state index in [4.69, 9.17) is 0 Å². The Kier molecular flexibility index (Phi) is 4.27. The maximum absolute atomic E-state index is 12.9. The van der Waals surface area contributed by atoms with Crippen LogP contribution in [-0.4, -0.2) is 20.8 Å². The van der Waals surface area contributed by atoms with Crippen LogP contribution in [0.2, 0.25) is 0 Å². The van der Waals surface area contributed by atoms with Crippen LogP contribution in [0.25, 0.3) is 0 Å². The molecule has 0 aliphatic carbocycles. The molecule has 102 valence electrons. The summed E-state index contributed by atoms with van der Waals surface area (Å²) in [5.74, 6) is -0.315. The summed E-state index contributed by atoms with van der Waals surface area (Å²) in [7, 11) is 1.89. The fourth-order valence-corrected chi connectivity index (χ4v) is 2.03. The van der Waals surface area contributed by atoms with Gasteiger partial charge < -0.3 is 5.32 Å². The van der Waals surface area contributed by atoms with Crippen LogP contribution >= 0.6 is 0 Å². The Balaban J connectivity index is 2.17. The molecule has 2 rings (SSSR count). The average molecular weight is 262 g/mol. The van der Waals surface area contributed by atoms with Gasteiger partial charge >= 0.3 is 0 Å². The molecule has 0 aliphatic heterocycles. The van der Waals surface area contributed by atoms with Gasteiger partial charge in [-0.1, -0.05) is 13.8 Å². The van der Waals surface area contributed by atoms with Crippen molar-refractivity contribution in [1.82, 2.24) is 20.1 Å². The molecule has 0 radical (unpaired) electrons. The lowest BCUT2D eigenvalue weighted by molar-refractivity contribution is 0.459. The second kappa shape index (κ2) is 5.93. The van der Waals surface area contributed by atoms with E-state index >= 15 is 0 Å². The first-order valence-electron chi connectivity index (χ1n) is 6.40. The van der Waals surface area contributed by atoms with Gasteiger partial charge in [0.25, 0.3) is 0 Å². The van der Waals surface area contributed by atoms with E-state index < -0.39 is 0 Å². The van der Waals surface area contributed by atoms with Crippen LogP contribution in [0.5, 0.6) is 0 Å². The van der Waals surface area contributed by atoms with Gasteiger partial charge in [-0.25, -0.2) is 4.39 Å². The number of nitrogens with one attached hydrogen (secondary N) is 1.